The molecular formula is C21H19FN2O4S. The van der Waals surface area contributed by atoms with Crippen molar-refractivity contribution in [1.29, 1.82) is 0 Å². The van der Waals surface area contributed by atoms with Crippen LogP contribution in [0.1, 0.15) is 5.56 Å². The van der Waals surface area contributed by atoms with E-state index in [0.717, 1.165) is 9.69 Å². The smallest absolute Gasteiger partial charge is 0.265 e. The summed E-state index contributed by atoms with van der Waals surface area (Å²) >= 11 is 0. The van der Waals surface area contributed by atoms with E-state index in [1.807, 2.05) is 12.1 Å². The molecule has 0 N–H and O–H groups in total. The van der Waals surface area contributed by atoms with E-state index in [9.17, 15) is 17.6 Å². The van der Waals surface area contributed by atoms with E-state index in [0.29, 0.717) is 16.6 Å². The Morgan fingerprint density at radius 3 is 2.55 bits per heavy atom. The first-order valence-corrected chi connectivity index (χ1v) is 10.4. The average molecular weight is 414 g/mol. The van der Waals surface area contributed by atoms with Gasteiger partial charge in [-0.25, -0.2) is 12.8 Å². The van der Waals surface area contributed by atoms with E-state index in [1.165, 1.54) is 24.1 Å². The summed E-state index contributed by atoms with van der Waals surface area (Å²) in [6.07, 6.45) is 0. The van der Waals surface area contributed by atoms with Gasteiger partial charge in [-0.05, 0) is 35.2 Å². The zero-order valence-corrected chi connectivity index (χ0v) is 16.7. The highest BCUT2D eigenvalue weighted by Crippen LogP contribution is 2.41. The largest absolute Gasteiger partial charge is 0.494 e. The van der Waals surface area contributed by atoms with Crippen molar-refractivity contribution in [3.05, 3.63) is 66.0 Å². The molecule has 0 bridgehead atoms. The van der Waals surface area contributed by atoms with Gasteiger partial charge in [0.05, 0.1) is 17.7 Å². The van der Waals surface area contributed by atoms with Crippen molar-refractivity contribution >= 4 is 32.4 Å². The molecule has 150 valence electrons. The Bertz CT molecular complexity index is 1220. The van der Waals surface area contributed by atoms with Gasteiger partial charge in [0.25, 0.3) is 10.0 Å². The molecule has 0 fully saturated rings. The third-order valence-corrected chi connectivity index (χ3v) is 6.82. The monoisotopic (exact) mass is 414 g/mol. The molecular weight excluding hydrogens is 395 g/mol. The van der Waals surface area contributed by atoms with E-state index in [2.05, 4.69) is 0 Å². The SMILES string of the molecule is COc1ccc(CN(C)C(=O)CN2c3cccc4cccc(c34)S2(=O)=O)cc1F. The molecule has 0 spiro atoms. The van der Waals surface area contributed by atoms with Crippen LogP contribution in [0.15, 0.2) is 59.5 Å². The topological polar surface area (TPSA) is 66.9 Å². The molecule has 0 saturated heterocycles. The first-order chi connectivity index (χ1) is 13.8. The minimum Gasteiger partial charge on any atom is -0.494 e. The van der Waals surface area contributed by atoms with Gasteiger partial charge in [-0.1, -0.05) is 30.3 Å². The molecule has 3 aromatic carbocycles. The van der Waals surface area contributed by atoms with Crippen LogP contribution in [0.4, 0.5) is 10.1 Å². The Morgan fingerprint density at radius 1 is 1.14 bits per heavy atom. The van der Waals surface area contributed by atoms with Crippen molar-refractivity contribution in [3.63, 3.8) is 0 Å². The Kier molecular flexibility index (Phi) is 4.66. The predicted molar refractivity (Wildman–Crippen MR) is 108 cm³/mol. The highest BCUT2D eigenvalue weighted by atomic mass is 32.2. The molecule has 0 aliphatic carbocycles. The summed E-state index contributed by atoms with van der Waals surface area (Å²) in [5.41, 5.74) is 1.07. The van der Waals surface area contributed by atoms with Crippen molar-refractivity contribution in [2.24, 2.45) is 0 Å². The lowest BCUT2D eigenvalue weighted by atomic mass is 10.1. The third kappa shape index (κ3) is 3.19. The number of anilines is 1. The fourth-order valence-electron chi connectivity index (χ4n) is 3.54. The second-order valence-electron chi connectivity index (χ2n) is 6.86. The summed E-state index contributed by atoms with van der Waals surface area (Å²) in [6, 6.07) is 14.8. The van der Waals surface area contributed by atoms with Crippen molar-refractivity contribution in [1.82, 2.24) is 4.90 Å². The van der Waals surface area contributed by atoms with Gasteiger partial charge in [0.2, 0.25) is 5.91 Å². The fourth-order valence-corrected chi connectivity index (χ4v) is 5.20. The lowest BCUT2D eigenvalue weighted by molar-refractivity contribution is -0.128. The van der Waals surface area contributed by atoms with Gasteiger partial charge < -0.3 is 9.64 Å². The number of benzene rings is 3. The summed E-state index contributed by atoms with van der Waals surface area (Å²) in [4.78, 5) is 14.4. The first kappa shape index (κ1) is 19.2. The molecule has 1 heterocycles. The Hall–Kier alpha value is -3.13. The van der Waals surface area contributed by atoms with E-state index in [4.69, 9.17) is 4.74 Å². The number of ether oxygens (including phenoxy) is 1. The van der Waals surface area contributed by atoms with Crippen LogP contribution in [0.2, 0.25) is 0 Å². The second kappa shape index (κ2) is 7.04. The molecule has 4 rings (SSSR count). The number of nitrogens with zero attached hydrogens (tertiary/aromatic N) is 2. The molecule has 0 aromatic heterocycles. The Balaban J connectivity index is 1.57. The molecule has 1 amide bonds. The number of hydrogen-bond acceptors (Lipinski definition) is 4. The normalized spacial score (nSPS) is 14.2. The van der Waals surface area contributed by atoms with Crippen molar-refractivity contribution in [2.45, 2.75) is 11.4 Å². The van der Waals surface area contributed by atoms with E-state index >= 15 is 0 Å². The summed E-state index contributed by atoms with van der Waals surface area (Å²) in [5.74, 6) is -0.790. The molecule has 0 saturated carbocycles. The number of rotatable bonds is 5. The van der Waals surface area contributed by atoms with Crippen LogP contribution in [0, 0.1) is 5.82 Å². The maximum absolute atomic E-state index is 13.9. The minimum absolute atomic E-state index is 0.122. The van der Waals surface area contributed by atoms with E-state index in [1.54, 1.807) is 37.4 Å². The summed E-state index contributed by atoms with van der Waals surface area (Å²) in [7, 11) is -0.872. The number of carbonyl (C=O) groups excluding carboxylic acids is 1. The van der Waals surface area contributed by atoms with Crippen LogP contribution in [-0.4, -0.2) is 39.9 Å². The zero-order chi connectivity index (χ0) is 20.8. The molecule has 0 radical (unpaired) electrons. The van der Waals surface area contributed by atoms with Crippen LogP contribution in [-0.2, 0) is 21.4 Å². The van der Waals surface area contributed by atoms with Gasteiger partial charge in [-0.2, -0.15) is 0 Å². The highest BCUT2D eigenvalue weighted by molar-refractivity contribution is 7.93. The number of likely N-dealkylation sites (N-methyl/N-ethyl adjacent to an activating group) is 1. The summed E-state index contributed by atoms with van der Waals surface area (Å²) < 4.78 is 45.9. The van der Waals surface area contributed by atoms with Crippen molar-refractivity contribution in [3.8, 4) is 5.75 Å². The molecule has 3 aromatic rings. The number of methoxy groups -OCH3 is 1. The van der Waals surface area contributed by atoms with Gasteiger partial charge in [-0.3, -0.25) is 9.10 Å². The highest BCUT2D eigenvalue weighted by Gasteiger charge is 2.37. The molecule has 1 aliphatic heterocycles. The van der Waals surface area contributed by atoms with Gasteiger partial charge in [-0.15, -0.1) is 0 Å². The standard InChI is InChI=1S/C21H19FN2O4S/c1-23(12-14-9-10-18(28-2)16(22)11-14)20(25)13-24-17-7-3-5-15-6-4-8-19(21(15)17)29(24,26)27/h3-11H,12-13H2,1-2H3. The van der Waals surface area contributed by atoms with Crippen molar-refractivity contribution < 1.29 is 22.3 Å². The predicted octanol–water partition coefficient (Wildman–Crippen LogP) is 3.15. The number of sulfonamides is 1. The van der Waals surface area contributed by atoms with Gasteiger partial charge in [0.15, 0.2) is 11.6 Å². The van der Waals surface area contributed by atoms with Crippen molar-refractivity contribution in [2.75, 3.05) is 25.0 Å². The average Bonchev–Trinajstić information content (AvgIpc) is 2.91. The van der Waals surface area contributed by atoms with Gasteiger partial charge in [0.1, 0.15) is 6.54 Å². The van der Waals surface area contributed by atoms with Crippen LogP contribution < -0.4 is 9.04 Å². The van der Waals surface area contributed by atoms with E-state index in [-0.39, 0.29) is 23.7 Å². The maximum atomic E-state index is 13.9. The van der Waals surface area contributed by atoms with E-state index < -0.39 is 21.7 Å². The molecule has 6 nitrogen and oxygen atoms in total. The number of hydrogen-bond donors (Lipinski definition) is 0. The van der Waals surface area contributed by atoms with Gasteiger partial charge in [0, 0.05) is 19.0 Å². The lowest BCUT2D eigenvalue weighted by Gasteiger charge is -2.23. The molecule has 1 aliphatic rings. The summed E-state index contributed by atoms with van der Waals surface area (Å²) in [6.45, 7) is -0.184. The van der Waals surface area contributed by atoms with Gasteiger partial charge >= 0.3 is 0 Å². The maximum Gasteiger partial charge on any atom is 0.265 e. The fraction of sp³-hybridized carbons (Fsp3) is 0.190. The molecule has 29 heavy (non-hydrogen) atoms. The number of halogens is 1. The Labute approximate surface area is 168 Å². The number of amides is 1. The van der Waals surface area contributed by atoms with Crippen LogP contribution in [0.5, 0.6) is 5.75 Å². The minimum atomic E-state index is -3.81. The zero-order valence-electron chi connectivity index (χ0n) is 15.9. The Morgan fingerprint density at radius 2 is 1.86 bits per heavy atom. The quantitative estimate of drug-likeness (QED) is 0.643. The molecule has 0 atom stereocenters. The second-order valence-corrected chi connectivity index (χ2v) is 8.69. The number of carbonyl (C=O) groups is 1. The third-order valence-electron chi connectivity index (χ3n) is 5.02. The van der Waals surface area contributed by atoms with Crippen LogP contribution >= 0.6 is 0 Å². The first-order valence-electron chi connectivity index (χ1n) is 8.94. The van der Waals surface area contributed by atoms with Crippen LogP contribution in [0.3, 0.4) is 0 Å². The van der Waals surface area contributed by atoms with Crippen LogP contribution in [0.25, 0.3) is 10.8 Å². The lowest BCUT2D eigenvalue weighted by Crippen LogP contribution is -2.39. The molecule has 0 unspecified atom stereocenters. The summed E-state index contributed by atoms with van der Waals surface area (Å²) in [5, 5.41) is 1.43. The molecule has 8 heteroatoms.